The summed E-state index contributed by atoms with van der Waals surface area (Å²) in [6.07, 6.45) is 4.19. The molecule has 1 atom stereocenters. The zero-order valence-electron chi connectivity index (χ0n) is 15.9. The number of methoxy groups -OCH3 is 1. The predicted molar refractivity (Wildman–Crippen MR) is 104 cm³/mol. The van der Waals surface area contributed by atoms with Crippen LogP contribution in [0.4, 0.5) is 10.3 Å². The Labute approximate surface area is 158 Å². The van der Waals surface area contributed by atoms with Crippen LogP contribution < -0.4 is 10.1 Å². The number of fused-ring (bicyclic) bond motifs is 1. The Kier molecular flexibility index (Phi) is 4.70. The third-order valence-corrected chi connectivity index (χ3v) is 5.16. The lowest BCUT2D eigenvalue weighted by atomic mass is 10.0. The highest BCUT2D eigenvalue weighted by Crippen LogP contribution is 2.32. The third-order valence-electron chi connectivity index (χ3n) is 5.16. The van der Waals surface area contributed by atoms with E-state index in [0.717, 1.165) is 37.0 Å². The second kappa shape index (κ2) is 7.15. The van der Waals surface area contributed by atoms with Gasteiger partial charge in [0, 0.05) is 30.4 Å². The number of hydrogen-bond acceptors (Lipinski definition) is 5. The zero-order valence-corrected chi connectivity index (χ0v) is 15.9. The Balaban J connectivity index is 1.74. The SMILES string of the molecule is COc1cc(C)c(-c2nnc(NC3CCCN(C)C3)n3cccc23)c(F)c1. The number of nitrogens with zero attached hydrogens (tertiary/aromatic N) is 4. The first kappa shape index (κ1) is 17.7. The lowest BCUT2D eigenvalue weighted by Crippen LogP contribution is -2.40. The van der Waals surface area contributed by atoms with Crippen molar-refractivity contribution in [3.63, 3.8) is 0 Å². The molecule has 3 heterocycles. The monoisotopic (exact) mass is 369 g/mol. The number of piperidine rings is 1. The molecule has 0 saturated carbocycles. The normalized spacial score (nSPS) is 18.0. The summed E-state index contributed by atoms with van der Waals surface area (Å²) in [6.45, 7) is 3.95. The summed E-state index contributed by atoms with van der Waals surface area (Å²) in [5.74, 6) is 0.817. The minimum absolute atomic E-state index is 0.328. The highest BCUT2D eigenvalue weighted by atomic mass is 19.1. The predicted octanol–water partition coefficient (Wildman–Crippen LogP) is 3.36. The summed E-state index contributed by atoms with van der Waals surface area (Å²) < 4.78 is 21.9. The van der Waals surface area contributed by atoms with Gasteiger partial charge < -0.3 is 15.0 Å². The van der Waals surface area contributed by atoms with Crippen molar-refractivity contribution in [2.75, 3.05) is 32.6 Å². The molecule has 1 unspecified atom stereocenters. The number of likely N-dealkylation sites (N-methyl/N-ethyl adjacent to an activating group) is 1. The third kappa shape index (κ3) is 3.35. The average molecular weight is 369 g/mol. The number of aryl methyl sites for hydroxylation is 1. The van der Waals surface area contributed by atoms with Crippen LogP contribution >= 0.6 is 0 Å². The number of anilines is 1. The highest BCUT2D eigenvalue weighted by molar-refractivity contribution is 5.80. The molecule has 0 bridgehead atoms. The van der Waals surface area contributed by atoms with Crippen LogP contribution in [0.5, 0.6) is 5.75 Å². The van der Waals surface area contributed by atoms with Crippen LogP contribution in [-0.2, 0) is 0 Å². The van der Waals surface area contributed by atoms with Gasteiger partial charge in [-0.15, -0.1) is 10.2 Å². The van der Waals surface area contributed by atoms with Gasteiger partial charge in [-0.1, -0.05) is 0 Å². The summed E-state index contributed by atoms with van der Waals surface area (Å²) in [4.78, 5) is 2.31. The van der Waals surface area contributed by atoms with Crippen LogP contribution in [-0.4, -0.2) is 52.8 Å². The molecule has 0 aliphatic carbocycles. The van der Waals surface area contributed by atoms with E-state index < -0.39 is 0 Å². The fraction of sp³-hybridized carbons (Fsp3) is 0.400. The van der Waals surface area contributed by atoms with Gasteiger partial charge in [0.25, 0.3) is 0 Å². The molecule has 142 valence electrons. The quantitative estimate of drug-likeness (QED) is 0.764. The van der Waals surface area contributed by atoms with Crippen molar-refractivity contribution in [3.05, 3.63) is 41.8 Å². The molecule has 1 aliphatic heterocycles. The summed E-state index contributed by atoms with van der Waals surface area (Å²) in [7, 11) is 3.66. The first-order valence-electron chi connectivity index (χ1n) is 9.20. The number of halogens is 1. The van der Waals surface area contributed by atoms with Crippen LogP contribution in [0.2, 0.25) is 0 Å². The molecule has 1 saturated heterocycles. The summed E-state index contributed by atoms with van der Waals surface area (Å²) >= 11 is 0. The van der Waals surface area contributed by atoms with Crippen LogP contribution in [0.25, 0.3) is 16.8 Å². The first-order valence-corrected chi connectivity index (χ1v) is 9.20. The largest absolute Gasteiger partial charge is 0.497 e. The first-order chi connectivity index (χ1) is 13.1. The molecule has 0 radical (unpaired) electrons. The Morgan fingerprint density at radius 2 is 2.15 bits per heavy atom. The number of nitrogens with one attached hydrogen (secondary N) is 1. The molecule has 1 fully saturated rings. The second-order valence-corrected chi connectivity index (χ2v) is 7.18. The van der Waals surface area contributed by atoms with Gasteiger partial charge in [0.05, 0.1) is 12.6 Å². The Hall–Kier alpha value is -2.67. The van der Waals surface area contributed by atoms with Gasteiger partial charge in [0.2, 0.25) is 5.95 Å². The van der Waals surface area contributed by atoms with Crippen molar-refractivity contribution < 1.29 is 9.13 Å². The molecule has 3 aromatic rings. The van der Waals surface area contributed by atoms with Crippen molar-refractivity contribution in [3.8, 4) is 17.0 Å². The Bertz CT molecular complexity index is 947. The molecule has 27 heavy (non-hydrogen) atoms. The number of benzene rings is 1. The number of hydrogen-bond donors (Lipinski definition) is 1. The van der Waals surface area contributed by atoms with E-state index in [0.29, 0.717) is 29.0 Å². The molecule has 1 aromatic carbocycles. The number of likely N-dealkylation sites (tertiary alicyclic amines) is 1. The maximum Gasteiger partial charge on any atom is 0.228 e. The van der Waals surface area contributed by atoms with Crippen LogP contribution in [0.1, 0.15) is 18.4 Å². The van der Waals surface area contributed by atoms with Gasteiger partial charge in [-0.2, -0.15) is 0 Å². The Morgan fingerprint density at radius 1 is 1.30 bits per heavy atom. The highest BCUT2D eigenvalue weighted by Gasteiger charge is 2.21. The second-order valence-electron chi connectivity index (χ2n) is 7.18. The molecule has 1 aliphatic rings. The zero-order chi connectivity index (χ0) is 19.0. The van der Waals surface area contributed by atoms with Gasteiger partial charge >= 0.3 is 0 Å². The van der Waals surface area contributed by atoms with E-state index in [1.54, 1.807) is 0 Å². The van der Waals surface area contributed by atoms with Crippen molar-refractivity contribution in [2.24, 2.45) is 0 Å². The smallest absolute Gasteiger partial charge is 0.228 e. The maximum atomic E-state index is 14.8. The standard InChI is InChI=1S/C20H24FN5O/c1-13-10-15(27-3)11-16(21)18(13)19-17-7-5-9-26(17)20(24-23-19)22-14-6-4-8-25(2)12-14/h5,7,9-11,14H,4,6,8,12H2,1-3H3,(H,22,24). The molecule has 1 N–H and O–H groups in total. The summed E-state index contributed by atoms with van der Waals surface area (Å²) in [5.41, 5.74) is 2.57. The maximum absolute atomic E-state index is 14.8. The fourth-order valence-electron chi connectivity index (χ4n) is 3.83. The Morgan fingerprint density at radius 3 is 2.89 bits per heavy atom. The van der Waals surface area contributed by atoms with Crippen LogP contribution in [0.15, 0.2) is 30.5 Å². The minimum atomic E-state index is -0.362. The van der Waals surface area contributed by atoms with Crippen LogP contribution in [0.3, 0.4) is 0 Å². The minimum Gasteiger partial charge on any atom is -0.497 e. The molecule has 7 heteroatoms. The van der Waals surface area contributed by atoms with E-state index >= 15 is 0 Å². The van der Waals surface area contributed by atoms with Gasteiger partial charge in [-0.3, -0.25) is 4.40 Å². The molecule has 4 rings (SSSR count). The lowest BCUT2D eigenvalue weighted by Gasteiger charge is -2.30. The summed E-state index contributed by atoms with van der Waals surface area (Å²) in [6, 6.07) is 7.38. The van der Waals surface area contributed by atoms with Gasteiger partial charge in [0.1, 0.15) is 17.3 Å². The molecule has 2 aromatic heterocycles. The fourth-order valence-corrected chi connectivity index (χ4v) is 3.83. The molecule has 6 nitrogen and oxygen atoms in total. The molecule has 0 amide bonds. The van der Waals surface area contributed by atoms with E-state index in [9.17, 15) is 4.39 Å². The molecular formula is C20H24FN5O. The van der Waals surface area contributed by atoms with Gasteiger partial charge in [-0.25, -0.2) is 4.39 Å². The number of aromatic nitrogens is 3. The molecular weight excluding hydrogens is 345 g/mol. The van der Waals surface area contributed by atoms with E-state index in [4.69, 9.17) is 4.74 Å². The van der Waals surface area contributed by atoms with Crippen molar-refractivity contribution >= 4 is 11.5 Å². The number of rotatable bonds is 4. The van der Waals surface area contributed by atoms with Crippen molar-refractivity contribution in [2.45, 2.75) is 25.8 Å². The number of ether oxygens (including phenoxy) is 1. The molecule has 0 spiro atoms. The van der Waals surface area contributed by atoms with E-state index in [1.165, 1.54) is 13.2 Å². The van der Waals surface area contributed by atoms with Gasteiger partial charge in [0.15, 0.2) is 0 Å². The lowest BCUT2D eigenvalue weighted by molar-refractivity contribution is 0.260. The van der Waals surface area contributed by atoms with E-state index in [2.05, 4.69) is 27.5 Å². The van der Waals surface area contributed by atoms with Crippen LogP contribution in [0, 0.1) is 12.7 Å². The van der Waals surface area contributed by atoms with Crippen molar-refractivity contribution in [1.29, 1.82) is 0 Å². The van der Waals surface area contributed by atoms with Crippen molar-refractivity contribution in [1.82, 2.24) is 19.5 Å². The van der Waals surface area contributed by atoms with E-state index in [-0.39, 0.29) is 5.82 Å². The van der Waals surface area contributed by atoms with E-state index in [1.807, 2.05) is 35.7 Å². The summed E-state index contributed by atoms with van der Waals surface area (Å²) in [5, 5.41) is 12.3. The average Bonchev–Trinajstić information content (AvgIpc) is 3.13. The van der Waals surface area contributed by atoms with Gasteiger partial charge in [-0.05, 0) is 57.1 Å². The topological polar surface area (TPSA) is 54.7 Å².